The quantitative estimate of drug-likeness (QED) is 0.0619. The summed E-state index contributed by atoms with van der Waals surface area (Å²) >= 11 is 1.80. The molecule has 1 saturated heterocycles. The Morgan fingerprint density at radius 1 is 0.957 bits per heavy atom. The molecule has 0 bridgehead atoms. The van der Waals surface area contributed by atoms with Crippen molar-refractivity contribution in [2.24, 2.45) is 0 Å². The Labute approximate surface area is 277 Å². The first-order valence-corrected chi connectivity index (χ1v) is 14.5. The van der Waals surface area contributed by atoms with Gasteiger partial charge in [0, 0.05) is 6.07 Å². The molecule has 1 aliphatic rings. The normalized spacial score (nSPS) is 14.2. The third kappa shape index (κ3) is 7.35. The zero-order valence-corrected chi connectivity index (χ0v) is 26.2. The van der Waals surface area contributed by atoms with Crippen molar-refractivity contribution in [2.75, 3.05) is 12.0 Å². The van der Waals surface area contributed by atoms with Gasteiger partial charge in [0.05, 0.1) is 26.9 Å². The number of benzene rings is 4. The number of barbiturate groups is 1. The highest BCUT2D eigenvalue weighted by Gasteiger charge is 2.37. The number of methoxy groups -OCH3 is 1. The minimum atomic E-state index is -4.81. The van der Waals surface area contributed by atoms with Gasteiger partial charge in [-0.1, -0.05) is 30.3 Å². The molecular weight excluding hydrogens is 738 g/mol. The molecule has 4 aromatic carbocycles. The lowest BCUT2D eigenvalue weighted by Crippen LogP contribution is -2.54. The molecule has 5 rings (SSSR count). The molecule has 0 aromatic heterocycles. The Bertz CT molecular complexity index is 1920. The number of urea groups is 1. The Kier molecular flexibility index (Phi) is 9.46. The van der Waals surface area contributed by atoms with Crippen molar-refractivity contribution in [1.82, 2.24) is 5.32 Å². The van der Waals surface area contributed by atoms with E-state index in [1.165, 1.54) is 37.5 Å². The van der Waals surface area contributed by atoms with Gasteiger partial charge in [-0.05, 0) is 88.3 Å². The van der Waals surface area contributed by atoms with Crippen LogP contribution in [0.15, 0.2) is 90.5 Å². The Morgan fingerprint density at radius 2 is 1.66 bits per heavy atom. The maximum atomic E-state index is 13.4. The van der Waals surface area contributed by atoms with Crippen LogP contribution in [0, 0.1) is 13.7 Å². The van der Waals surface area contributed by atoms with Crippen molar-refractivity contribution < 1.29 is 46.7 Å². The van der Waals surface area contributed by atoms with Crippen LogP contribution in [0.1, 0.15) is 16.7 Å². The van der Waals surface area contributed by atoms with E-state index in [-0.39, 0.29) is 31.9 Å². The molecule has 4 aromatic rings. The third-order valence-electron chi connectivity index (χ3n) is 6.70. The lowest BCUT2D eigenvalue weighted by Gasteiger charge is -2.26. The van der Waals surface area contributed by atoms with Crippen LogP contribution in [-0.4, -0.2) is 29.9 Å². The van der Waals surface area contributed by atoms with Gasteiger partial charge in [-0.15, -0.1) is 0 Å². The first-order chi connectivity index (χ1) is 22.3. The number of amides is 4. The summed E-state index contributed by atoms with van der Waals surface area (Å²) in [5.41, 5.74) is -1.17. The number of nitrogens with one attached hydrogen (secondary N) is 1. The van der Waals surface area contributed by atoms with Crippen molar-refractivity contribution in [3.8, 4) is 23.0 Å². The van der Waals surface area contributed by atoms with Crippen molar-refractivity contribution >= 4 is 57.9 Å². The van der Waals surface area contributed by atoms with Crippen LogP contribution in [-0.2, 0) is 22.4 Å². The van der Waals surface area contributed by atoms with Gasteiger partial charge in [0.15, 0.2) is 11.5 Å². The van der Waals surface area contributed by atoms with E-state index in [1.54, 1.807) is 34.7 Å². The Hall–Kier alpha value is -5.45. The van der Waals surface area contributed by atoms with E-state index in [1.807, 2.05) is 30.3 Å². The molecule has 47 heavy (non-hydrogen) atoms. The molecule has 15 heteroatoms. The van der Waals surface area contributed by atoms with Crippen molar-refractivity contribution in [2.45, 2.75) is 12.8 Å². The molecule has 0 atom stereocenters. The minimum Gasteiger partial charge on any atom is -0.493 e. The highest BCUT2D eigenvalue weighted by molar-refractivity contribution is 14.1. The molecule has 1 N–H and O–H groups in total. The van der Waals surface area contributed by atoms with Gasteiger partial charge in [-0.25, -0.2) is 9.69 Å². The standard InChI is InChI=1S/C32H21F3IN3O8/c1-45-27-15-19(14-24(36)28(27)47-26-12-7-20(32(33,34)35)16-25(26)39(43)44)13-23-29(40)37-31(42)38(30(23)41)21-8-10-22(11-9-21)46-17-18-5-3-2-4-6-18/h2-16H,17H2,1H3,(H,37,40,42)/b23-13+. The van der Waals surface area contributed by atoms with Crippen molar-refractivity contribution in [3.05, 3.63) is 121 Å². The highest BCUT2D eigenvalue weighted by Crippen LogP contribution is 2.42. The fourth-order valence-corrected chi connectivity index (χ4v) is 5.18. The number of nitro benzene ring substituents is 1. The summed E-state index contributed by atoms with van der Waals surface area (Å²) in [5.74, 6) is -1.93. The summed E-state index contributed by atoms with van der Waals surface area (Å²) in [6.07, 6.45) is -3.60. The van der Waals surface area contributed by atoms with Crippen molar-refractivity contribution in [1.29, 1.82) is 0 Å². The second kappa shape index (κ2) is 13.5. The SMILES string of the molecule is COc1cc(/C=C2\C(=O)NC(=O)N(c3ccc(OCc4ccccc4)cc3)C2=O)cc(I)c1Oc1ccc(C(F)(F)F)cc1[N+](=O)[O-]. The molecule has 240 valence electrons. The maximum Gasteiger partial charge on any atom is 0.416 e. The van der Waals surface area contributed by atoms with Gasteiger partial charge in [0.25, 0.3) is 11.8 Å². The molecule has 0 unspecified atom stereocenters. The summed E-state index contributed by atoms with van der Waals surface area (Å²) in [4.78, 5) is 50.2. The predicted molar refractivity (Wildman–Crippen MR) is 170 cm³/mol. The van der Waals surface area contributed by atoms with E-state index in [9.17, 15) is 37.7 Å². The lowest BCUT2D eigenvalue weighted by molar-refractivity contribution is -0.385. The highest BCUT2D eigenvalue weighted by atomic mass is 127. The number of hydrogen-bond donors (Lipinski definition) is 1. The largest absolute Gasteiger partial charge is 0.493 e. The monoisotopic (exact) mass is 759 g/mol. The lowest BCUT2D eigenvalue weighted by atomic mass is 10.1. The zero-order valence-electron chi connectivity index (χ0n) is 24.0. The second-order valence-corrected chi connectivity index (χ2v) is 11.0. The van der Waals surface area contributed by atoms with E-state index < -0.39 is 45.9 Å². The van der Waals surface area contributed by atoms with E-state index in [0.717, 1.165) is 16.5 Å². The number of carbonyl (C=O) groups is 3. The summed E-state index contributed by atoms with van der Waals surface area (Å²) < 4.78 is 56.4. The van der Waals surface area contributed by atoms with Gasteiger partial charge < -0.3 is 14.2 Å². The molecular formula is C32H21F3IN3O8. The molecule has 1 heterocycles. The third-order valence-corrected chi connectivity index (χ3v) is 7.50. The van der Waals surface area contributed by atoms with Gasteiger partial charge in [-0.3, -0.25) is 25.0 Å². The topological polar surface area (TPSA) is 137 Å². The number of nitrogens with zero attached hydrogens (tertiary/aromatic N) is 2. The van der Waals surface area contributed by atoms with E-state index in [0.29, 0.717) is 24.5 Å². The number of carbonyl (C=O) groups excluding carboxylic acids is 3. The zero-order chi connectivity index (χ0) is 33.9. The van der Waals surface area contributed by atoms with Crippen LogP contribution in [0.4, 0.5) is 29.3 Å². The molecule has 11 nitrogen and oxygen atoms in total. The van der Waals surface area contributed by atoms with E-state index >= 15 is 0 Å². The van der Waals surface area contributed by atoms with E-state index in [2.05, 4.69) is 5.32 Å². The average molecular weight is 759 g/mol. The van der Waals surface area contributed by atoms with Gasteiger partial charge in [0.2, 0.25) is 5.75 Å². The van der Waals surface area contributed by atoms with Crippen LogP contribution in [0.2, 0.25) is 0 Å². The molecule has 0 aliphatic carbocycles. The number of nitro groups is 1. The number of alkyl halides is 3. The fraction of sp³-hybridized carbons (Fsp3) is 0.0938. The minimum absolute atomic E-state index is 0.0133. The molecule has 1 aliphatic heterocycles. The maximum absolute atomic E-state index is 13.4. The predicted octanol–water partition coefficient (Wildman–Crippen LogP) is 7.26. The number of rotatable bonds is 9. The van der Waals surface area contributed by atoms with Crippen LogP contribution in [0.5, 0.6) is 23.0 Å². The van der Waals surface area contributed by atoms with E-state index in [4.69, 9.17) is 14.2 Å². The van der Waals surface area contributed by atoms with Gasteiger partial charge in [0.1, 0.15) is 17.9 Å². The first kappa shape index (κ1) is 32.9. The summed E-state index contributed by atoms with van der Waals surface area (Å²) in [5, 5.41) is 13.7. The van der Waals surface area contributed by atoms with Crippen LogP contribution in [0.3, 0.4) is 0 Å². The average Bonchev–Trinajstić information content (AvgIpc) is 3.03. The smallest absolute Gasteiger partial charge is 0.416 e. The number of hydrogen-bond acceptors (Lipinski definition) is 8. The molecule has 0 saturated carbocycles. The summed E-state index contributed by atoms with van der Waals surface area (Å²) in [7, 11) is 1.25. The van der Waals surface area contributed by atoms with Gasteiger partial charge in [-0.2, -0.15) is 13.2 Å². The van der Waals surface area contributed by atoms with Gasteiger partial charge >= 0.3 is 17.9 Å². The summed E-state index contributed by atoms with van der Waals surface area (Å²) in [6.45, 7) is 0.304. The Balaban J connectivity index is 1.40. The summed E-state index contributed by atoms with van der Waals surface area (Å²) in [6, 6.07) is 19.2. The number of imide groups is 2. The fourth-order valence-electron chi connectivity index (χ4n) is 4.45. The molecule has 0 radical (unpaired) electrons. The number of anilines is 1. The molecule has 1 fully saturated rings. The first-order valence-electron chi connectivity index (χ1n) is 13.4. The van der Waals surface area contributed by atoms with Crippen LogP contribution >= 0.6 is 22.6 Å². The molecule has 4 amide bonds. The number of ether oxygens (including phenoxy) is 3. The van der Waals surface area contributed by atoms with Crippen LogP contribution < -0.4 is 24.4 Å². The van der Waals surface area contributed by atoms with Crippen molar-refractivity contribution in [3.63, 3.8) is 0 Å². The van der Waals surface area contributed by atoms with Crippen LogP contribution in [0.25, 0.3) is 6.08 Å². The molecule has 0 spiro atoms. The second-order valence-electron chi connectivity index (χ2n) is 9.80. The number of halogens is 4. The Morgan fingerprint density at radius 3 is 2.30 bits per heavy atom.